The summed E-state index contributed by atoms with van der Waals surface area (Å²) < 4.78 is 57.2. The van der Waals surface area contributed by atoms with E-state index in [0.717, 1.165) is 18.2 Å². The van der Waals surface area contributed by atoms with E-state index >= 15 is 0 Å². The van der Waals surface area contributed by atoms with Gasteiger partial charge < -0.3 is 10.1 Å². The zero-order valence-corrected chi connectivity index (χ0v) is 15.1. The first-order valence-electron chi connectivity index (χ1n) is 6.98. The van der Waals surface area contributed by atoms with Crippen LogP contribution in [-0.2, 0) is 21.8 Å². The zero-order valence-electron chi connectivity index (χ0n) is 12.7. The normalized spacial score (nSPS) is 20.0. The van der Waals surface area contributed by atoms with E-state index in [9.17, 15) is 22.2 Å². The summed E-state index contributed by atoms with van der Waals surface area (Å²) in [6, 6.07) is 7.70. The molecule has 0 aromatic heterocycles. The van der Waals surface area contributed by atoms with E-state index in [-0.39, 0.29) is 10.6 Å². The van der Waals surface area contributed by atoms with E-state index in [1.807, 2.05) is 0 Å². The van der Waals surface area contributed by atoms with Crippen molar-refractivity contribution in [2.75, 3.05) is 12.4 Å². The van der Waals surface area contributed by atoms with E-state index in [1.165, 1.54) is 7.11 Å². The van der Waals surface area contributed by atoms with Crippen LogP contribution < -0.4 is 10.1 Å². The lowest BCUT2D eigenvalue weighted by Crippen LogP contribution is -2.30. The van der Waals surface area contributed by atoms with Crippen LogP contribution >= 0.6 is 15.9 Å². The van der Waals surface area contributed by atoms with E-state index in [4.69, 9.17) is 4.74 Å². The van der Waals surface area contributed by atoms with Crippen LogP contribution in [0.1, 0.15) is 16.4 Å². The minimum atomic E-state index is -4.55. The molecule has 25 heavy (non-hydrogen) atoms. The summed E-state index contributed by atoms with van der Waals surface area (Å²) in [5.41, 5.74) is -0.622. The zero-order chi connectivity index (χ0) is 18.4. The van der Waals surface area contributed by atoms with Crippen molar-refractivity contribution in [2.45, 2.75) is 16.3 Å². The molecule has 2 aromatic carbocycles. The SMILES string of the molecule is COc1ccc(Br)cc1C1C(=O)Nc2cc(C(F)(F)F)ccc2S1=O. The molecule has 0 saturated heterocycles. The Morgan fingerprint density at radius 3 is 2.56 bits per heavy atom. The molecular formula is C16H11BrF3NO3S. The summed E-state index contributed by atoms with van der Waals surface area (Å²) in [5, 5.41) is 1.33. The predicted molar refractivity (Wildman–Crippen MR) is 89.9 cm³/mol. The van der Waals surface area contributed by atoms with Crippen molar-refractivity contribution in [1.82, 2.24) is 0 Å². The highest BCUT2D eigenvalue weighted by Crippen LogP contribution is 2.41. The highest BCUT2D eigenvalue weighted by molar-refractivity contribution is 9.10. The van der Waals surface area contributed by atoms with Gasteiger partial charge in [0, 0.05) is 10.0 Å². The quantitative estimate of drug-likeness (QED) is 0.768. The maximum absolute atomic E-state index is 12.9. The monoisotopic (exact) mass is 433 g/mol. The fourth-order valence-corrected chi connectivity index (χ4v) is 4.40. The topological polar surface area (TPSA) is 55.4 Å². The second-order valence-corrected chi connectivity index (χ2v) is 7.68. The third-order valence-corrected chi connectivity index (χ3v) is 5.89. The molecule has 2 unspecified atom stereocenters. The summed E-state index contributed by atoms with van der Waals surface area (Å²) in [4.78, 5) is 12.6. The number of alkyl halides is 3. The maximum Gasteiger partial charge on any atom is 0.416 e. The number of hydrogen-bond acceptors (Lipinski definition) is 3. The molecule has 0 radical (unpaired) electrons. The molecule has 0 spiro atoms. The summed E-state index contributed by atoms with van der Waals surface area (Å²) in [6.07, 6.45) is -4.55. The summed E-state index contributed by atoms with van der Waals surface area (Å²) in [7, 11) is -0.453. The molecule has 0 fully saturated rings. The number of amides is 1. The van der Waals surface area contributed by atoms with Crippen molar-refractivity contribution >= 4 is 38.3 Å². The largest absolute Gasteiger partial charge is 0.496 e. The predicted octanol–water partition coefficient (Wildman–Crippen LogP) is 4.28. The second kappa shape index (κ2) is 6.45. The highest BCUT2D eigenvalue weighted by atomic mass is 79.9. The highest BCUT2D eigenvalue weighted by Gasteiger charge is 2.38. The Hall–Kier alpha value is -1.87. The number of benzene rings is 2. The molecule has 1 heterocycles. The van der Waals surface area contributed by atoms with E-state index in [0.29, 0.717) is 15.8 Å². The van der Waals surface area contributed by atoms with E-state index in [1.54, 1.807) is 18.2 Å². The fourth-order valence-electron chi connectivity index (χ4n) is 2.57. The molecule has 0 bridgehead atoms. The molecule has 1 aliphatic rings. The van der Waals surface area contributed by atoms with Gasteiger partial charge in [0.1, 0.15) is 11.0 Å². The van der Waals surface area contributed by atoms with Crippen LogP contribution in [0.2, 0.25) is 0 Å². The van der Waals surface area contributed by atoms with Gasteiger partial charge in [-0.3, -0.25) is 9.00 Å². The van der Waals surface area contributed by atoms with Crippen molar-refractivity contribution in [3.63, 3.8) is 0 Å². The minimum absolute atomic E-state index is 0.0941. The number of hydrogen-bond donors (Lipinski definition) is 1. The van der Waals surface area contributed by atoms with Crippen LogP contribution in [-0.4, -0.2) is 17.2 Å². The minimum Gasteiger partial charge on any atom is -0.496 e. The molecule has 1 aliphatic heterocycles. The molecule has 2 atom stereocenters. The van der Waals surface area contributed by atoms with Crippen LogP contribution in [0.3, 0.4) is 0 Å². The first-order valence-corrected chi connectivity index (χ1v) is 8.99. The van der Waals surface area contributed by atoms with Gasteiger partial charge in [-0.1, -0.05) is 15.9 Å². The Bertz CT molecular complexity index is 885. The molecule has 1 N–H and O–H groups in total. The second-order valence-electron chi connectivity index (χ2n) is 5.26. The molecular weight excluding hydrogens is 423 g/mol. The van der Waals surface area contributed by atoms with Gasteiger partial charge in [-0.05, 0) is 36.4 Å². The lowest BCUT2D eigenvalue weighted by Gasteiger charge is -2.26. The maximum atomic E-state index is 12.9. The smallest absolute Gasteiger partial charge is 0.416 e. The lowest BCUT2D eigenvalue weighted by molar-refractivity contribution is -0.137. The van der Waals surface area contributed by atoms with Crippen LogP contribution in [0.4, 0.5) is 18.9 Å². The van der Waals surface area contributed by atoms with E-state index < -0.39 is 33.7 Å². The molecule has 4 nitrogen and oxygen atoms in total. The van der Waals surface area contributed by atoms with Gasteiger partial charge in [-0.2, -0.15) is 13.2 Å². The van der Waals surface area contributed by atoms with Gasteiger partial charge in [0.2, 0.25) is 5.91 Å². The molecule has 9 heteroatoms. The van der Waals surface area contributed by atoms with Crippen molar-refractivity contribution in [2.24, 2.45) is 0 Å². The van der Waals surface area contributed by atoms with Crippen LogP contribution in [0.5, 0.6) is 5.75 Å². The number of methoxy groups -OCH3 is 1. The number of carbonyl (C=O) groups is 1. The number of fused-ring (bicyclic) bond motifs is 1. The first kappa shape index (κ1) is 17.9. The van der Waals surface area contributed by atoms with Crippen molar-refractivity contribution in [3.8, 4) is 5.75 Å². The lowest BCUT2D eigenvalue weighted by atomic mass is 10.1. The molecule has 1 amide bonds. The number of carbonyl (C=O) groups excluding carboxylic acids is 1. The Morgan fingerprint density at radius 1 is 1.20 bits per heavy atom. The Balaban J connectivity index is 2.09. The number of nitrogens with one attached hydrogen (secondary N) is 1. The van der Waals surface area contributed by atoms with Crippen molar-refractivity contribution < 1.29 is 26.9 Å². The third-order valence-electron chi connectivity index (χ3n) is 3.71. The number of rotatable bonds is 2. The standard InChI is InChI=1S/C16H11BrF3NO3S/c1-24-12-4-3-9(17)7-10(12)14-15(22)21-11-6-8(16(18,19)20)2-5-13(11)25(14)23/h2-7,14H,1H3,(H,21,22). The van der Waals surface area contributed by atoms with Crippen molar-refractivity contribution in [1.29, 1.82) is 0 Å². The fraction of sp³-hybridized carbons (Fsp3) is 0.188. The Labute approximate surface area is 152 Å². The van der Waals surface area contributed by atoms with Crippen molar-refractivity contribution in [3.05, 3.63) is 52.0 Å². The molecule has 0 aliphatic carbocycles. The average Bonchev–Trinajstić information content (AvgIpc) is 2.53. The first-order chi connectivity index (χ1) is 11.7. The van der Waals surface area contributed by atoms with Gasteiger partial charge in [-0.25, -0.2) is 0 Å². The molecule has 2 aromatic rings. The third kappa shape index (κ3) is 3.30. The number of ether oxygens (including phenoxy) is 1. The van der Waals surface area contributed by atoms with Gasteiger partial charge in [0.25, 0.3) is 0 Å². The Kier molecular flexibility index (Phi) is 4.63. The van der Waals surface area contributed by atoms with Gasteiger partial charge >= 0.3 is 6.18 Å². The molecule has 132 valence electrons. The van der Waals surface area contributed by atoms with Gasteiger partial charge in [0.15, 0.2) is 0 Å². The van der Waals surface area contributed by atoms with Crippen LogP contribution in [0, 0.1) is 0 Å². The Morgan fingerprint density at radius 2 is 1.92 bits per heavy atom. The molecule has 3 rings (SSSR count). The number of halogens is 4. The summed E-state index contributed by atoms with van der Waals surface area (Å²) >= 11 is 3.28. The van der Waals surface area contributed by atoms with Crippen LogP contribution in [0.15, 0.2) is 45.8 Å². The van der Waals surface area contributed by atoms with E-state index in [2.05, 4.69) is 21.2 Å². The van der Waals surface area contributed by atoms with Crippen LogP contribution in [0.25, 0.3) is 0 Å². The van der Waals surface area contributed by atoms with Gasteiger partial charge in [0.05, 0.1) is 34.1 Å². The van der Waals surface area contributed by atoms with Gasteiger partial charge in [-0.15, -0.1) is 0 Å². The molecule has 0 saturated carbocycles. The summed E-state index contributed by atoms with van der Waals surface area (Å²) in [6.45, 7) is 0. The number of anilines is 1. The average molecular weight is 434 g/mol. The summed E-state index contributed by atoms with van der Waals surface area (Å²) in [5.74, 6) is -0.284.